The molecule has 1 amide bonds. The summed E-state index contributed by atoms with van der Waals surface area (Å²) in [5.41, 5.74) is 5.16. The zero-order valence-corrected chi connectivity index (χ0v) is 17.8. The second-order valence-corrected chi connectivity index (χ2v) is 7.63. The summed E-state index contributed by atoms with van der Waals surface area (Å²) in [4.78, 5) is 14.4. The highest BCUT2D eigenvalue weighted by Crippen LogP contribution is 2.26. The lowest BCUT2D eigenvalue weighted by Crippen LogP contribution is -2.31. The fourth-order valence-corrected chi connectivity index (χ4v) is 3.39. The lowest BCUT2D eigenvalue weighted by atomic mass is 10.0. The maximum Gasteiger partial charge on any atom is 0.260 e. The first-order valence-electron chi connectivity index (χ1n) is 9.94. The minimum absolute atomic E-state index is 0.0190. The molecule has 0 saturated carbocycles. The monoisotopic (exact) mass is 391 g/mol. The number of ether oxygens (including phenoxy) is 1. The summed E-state index contributed by atoms with van der Waals surface area (Å²) in [5.74, 6) is 1.05. The summed E-state index contributed by atoms with van der Waals surface area (Å²) in [6.45, 7) is 8.77. The molecule has 0 unspecified atom stereocenters. The van der Waals surface area contributed by atoms with Crippen LogP contribution in [0.2, 0.25) is 0 Å². The standard InChI is InChI=1S/C24H29N3O2/c1-17(2)21-13-9-10-14-23(21)29-16-24(28)26(5)15-22-18(3)25-27(19(22)4)20-11-7-6-8-12-20/h6-14,17H,15-16H2,1-5H3. The molecule has 0 fully saturated rings. The number of nitrogens with zero attached hydrogens (tertiary/aromatic N) is 3. The van der Waals surface area contributed by atoms with E-state index >= 15 is 0 Å². The molecule has 3 rings (SSSR count). The second kappa shape index (κ2) is 8.95. The third kappa shape index (κ3) is 4.67. The molecule has 0 bridgehead atoms. The first-order valence-corrected chi connectivity index (χ1v) is 9.94. The van der Waals surface area contributed by atoms with E-state index in [2.05, 4.69) is 18.9 Å². The van der Waals surface area contributed by atoms with E-state index in [4.69, 9.17) is 4.74 Å². The Morgan fingerprint density at radius 1 is 1.07 bits per heavy atom. The molecule has 0 N–H and O–H groups in total. The fourth-order valence-electron chi connectivity index (χ4n) is 3.39. The maximum atomic E-state index is 12.7. The summed E-state index contributed by atoms with van der Waals surface area (Å²) < 4.78 is 7.77. The van der Waals surface area contributed by atoms with Crippen molar-refractivity contribution in [2.24, 2.45) is 0 Å². The van der Waals surface area contributed by atoms with Gasteiger partial charge in [-0.15, -0.1) is 0 Å². The molecule has 29 heavy (non-hydrogen) atoms. The number of aromatic nitrogens is 2. The fraction of sp³-hybridized carbons (Fsp3) is 0.333. The first kappa shape index (κ1) is 20.6. The van der Waals surface area contributed by atoms with Gasteiger partial charge < -0.3 is 9.64 Å². The molecule has 0 radical (unpaired) electrons. The summed E-state index contributed by atoms with van der Waals surface area (Å²) in [5, 5.41) is 4.66. The van der Waals surface area contributed by atoms with Crippen LogP contribution in [-0.4, -0.2) is 34.2 Å². The molecule has 0 aliphatic rings. The van der Waals surface area contributed by atoms with Crippen molar-refractivity contribution in [1.82, 2.24) is 14.7 Å². The average molecular weight is 392 g/mol. The van der Waals surface area contributed by atoms with Crippen molar-refractivity contribution < 1.29 is 9.53 Å². The van der Waals surface area contributed by atoms with Crippen LogP contribution in [-0.2, 0) is 11.3 Å². The van der Waals surface area contributed by atoms with Crippen LogP contribution in [0.1, 0.15) is 42.3 Å². The third-order valence-corrected chi connectivity index (χ3v) is 5.16. The summed E-state index contributed by atoms with van der Waals surface area (Å²) in [6, 6.07) is 17.9. The number of carbonyl (C=O) groups excluding carboxylic acids is 1. The van der Waals surface area contributed by atoms with Crippen molar-refractivity contribution >= 4 is 5.91 Å². The van der Waals surface area contributed by atoms with Gasteiger partial charge in [0.15, 0.2) is 6.61 Å². The summed E-state index contributed by atoms with van der Waals surface area (Å²) >= 11 is 0. The summed E-state index contributed by atoms with van der Waals surface area (Å²) in [6.07, 6.45) is 0. The van der Waals surface area contributed by atoms with Gasteiger partial charge in [-0.05, 0) is 43.5 Å². The van der Waals surface area contributed by atoms with Crippen LogP contribution in [0.25, 0.3) is 5.69 Å². The molecular formula is C24H29N3O2. The van der Waals surface area contributed by atoms with Crippen LogP contribution in [0.15, 0.2) is 54.6 Å². The van der Waals surface area contributed by atoms with Crippen molar-refractivity contribution in [2.75, 3.05) is 13.7 Å². The Bertz CT molecular complexity index is 977. The number of hydrogen-bond acceptors (Lipinski definition) is 3. The lowest BCUT2D eigenvalue weighted by molar-refractivity contribution is -0.132. The number of rotatable bonds is 7. The van der Waals surface area contributed by atoms with Gasteiger partial charge in [0, 0.05) is 24.8 Å². The zero-order valence-electron chi connectivity index (χ0n) is 17.8. The highest BCUT2D eigenvalue weighted by atomic mass is 16.5. The summed E-state index contributed by atoms with van der Waals surface area (Å²) in [7, 11) is 1.80. The minimum atomic E-state index is -0.0604. The number of carbonyl (C=O) groups is 1. The van der Waals surface area contributed by atoms with E-state index < -0.39 is 0 Å². The number of para-hydroxylation sites is 2. The normalized spacial score (nSPS) is 11.0. The van der Waals surface area contributed by atoms with Gasteiger partial charge in [0.1, 0.15) is 5.75 Å². The van der Waals surface area contributed by atoms with Gasteiger partial charge >= 0.3 is 0 Å². The van der Waals surface area contributed by atoms with E-state index in [0.29, 0.717) is 12.5 Å². The van der Waals surface area contributed by atoms with Gasteiger partial charge in [-0.3, -0.25) is 4.79 Å². The molecule has 5 heteroatoms. The van der Waals surface area contributed by atoms with Crippen molar-refractivity contribution in [2.45, 2.75) is 40.2 Å². The lowest BCUT2D eigenvalue weighted by Gasteiger charge is -2.19. The highest BCUT2D eigenvalue weighted by Gasteiger charge is 2.18. The van der Waals surface area contributed by atoms with Crippen molar-refractivity contribution in [3.63, 3.8) is 0 Å². The predicted molar refractivity (Wildman–Crippen MR) is 116 cm³/mol. The van der Waals surface area contributed by atoms with Crippen LogP contribution in [0.3, 0.4) is 0 Å². The number of likely N-dealkylation sites (N-methyl/N-ethyl adjacent to an activating group) is 1. The molecule has 0 aliphatic carbocycles. The molecule has 0 atom stereocenters. The molecule has 1 aromatic heterocycles. The molecule has 1 heterocycles. The Morgan fingerprint density at radius 2 is 1.72 bits per heavy atom. The van der Waals surface area contributed by atoms with Crippen LogP contribution >= 0.6 is 0 Å². The predicted octanol–water partition coefficient (Wildman–Crippen LogP) is 4.65. The number of benzene rings is 2. The van der Waals surface area contributed by atoms with Crippen molar-refractivity contribution in [3.05, 3.63) is 77.1 Å². The van der Waals surface area contributed by atoms with Crippen LogP contribution in [0.4, 0.5) is 0 Å². The largest absolute Gasteiger partial charge is 0.483 e. The van der Waals surface area contributed by atoms with Crippen LogP contribution < -0.4 is 4.74 Å². The highest BCUT2D eigenvalue weighted by molar-refractivity contribution is 5.77. The Kier molecular flexibility index (Phi) is 6.37. The molecule has 3 aromatic rings. The zero-order chi connectivity index (χ0) is 21.0. The van der Waals surface area contributed by atoms with Crippen molar-refractivity contribution in [1.29, 1.82) is 0 Å². The molecule has 0 aliphatic heterocycles. The van der Waals surface area contributed by atoms with E-state index in [1.165, 1.54) is 0 Å². The third-order valence-electron chi connectivity index (χ3n) is 5.16. The molecule has 5 nitrogen and oxygen atoms in total. The molecule has 152 valence electrons. The van der Waals surface area contributed by atoms with Crippen LogP contribution in [0.5, 0.6) is 5.75 Å². The van der Waals surface area contributed by atoms with E-state index in [1.807, 2.05) is 73.1 Å². The van der Waals surface area contributed by atoms with E-state index in [9.17, 15) is 4.79 Å². The van der Waals surface area contributed by atoms with E-state index in [-0.39, 0.29) is 12.5 Å². The second-order valence-electron chi connectivity index (χ2n) is 7.63. The average Bonchev–Trinajstić information content (AvgIpc) is 3.01. The Labute approximate surface area is 172 Å². The Balaban J connectivity index is 1.68. The first-order chi connectivity index (χ1) is 13.9. The van der Waals surface area contributed by atoms with Crippen molar-refractivity contribution in [3.8, 4) is 11.4 Å². The van der Waals surface area contributed by atoms with Gasteiger partial charge in [0.05, 0.1) is 11.4 Å². The molecule has 0 spiro atoms. The minimum Gasteiger partial charge on any atom is -0.483 e. The number of amides is 1. The van der Waals surface area contributed by atoms with Gasteiger partial charge in [0.2, 0.25) is 0 Å². The molecular weight excluding hydrogens is 362 g/mol. The maximum absolute atomic E-state index is 12.7. The van der Waals surface area contributed by atoms with Gasteiger partial charge in [0.25, 0.3) is 5.91 Å². The van der Waals surface area contributed by atoms with Gasteiger partial charge in [-0.2, -0.15) is 5.10 Å². The van der Waals surface area contributed by atoms with Crippen LogP contribution in [0, 0.1) is 13.8 Å². The smallest absolute Gasteiger partial charge is 0.260 e. The quantitative estimate of drug-likeness (QED) is 0.589. The number of hydrogen-bond donors (Lipinski definition) is 0. The van der Waals surface area contributed by atoms with E-state index in [1.54, 1.807) is 11.9 Å². The van der Waals surface area contributed by atoms with Gasteiger partial charge in [-0.1, -0.05) is 50.2 Å². The molecule has 2 aromatic carbocycles. The van der Waals surface area contributed by atoms with Gasteiger partial charge in [-0.25, -0.2) is 4.68 Å². The Hall–Kier alpha value is -3.08. The SMILES string of the molecule is Cc1nn(-c2ccccc2)c(C)c1CN(C)C(=O)COc1ccccc1C(C)C. The molecule has 0 saturated heterocycles. The number of aryl methyl sites for hydroxylation is 1. The topological polar surface area (TPSA) is 47.4 Å². The Morgan fingerprint density at radius 3 is 2.41 bits per heavy atom. The van der Waals surface area contributed by atoms with E-state index in [0.717, 1.165) is 34.0 Å².